The first-order valence-corrected chi connectivity index (χ1v) is 3.51. The maximum absolute atomic E-state index is 12.3. The standard InChI is InChI=1S/C8H7F2N3/c1-4-2-6(12)5(3-11)7(13-4)8(9)10/h2,8H,1H3,(H2,12,13). The fraction of sp³-hybridized carbons (Fsp3) is 0.250. The van der Waals surface area contributed by atoms with Crippen LogP contribution >= 0.6 is 0 Å². The van der Waals surface area contributed by atoms with Crippen molar-refractivity contribution in [1.82, 2.24) is 4.98 Å². The van der Waals surface area contributed by atoms with Crippen molar-refractivity contribution < 1.29 is 8.78 Å². The Morgan fingerprint density at radius 1 is 1.62 bits per heavy atom. The Labute approximate surface area is 73.8 Å². The second-order valence-electron chi connectivity index (χ2n) is 2.53. The number of hydrogen-bond donors (Lipinski definition) is 1. The number of anilines is 1. The van der Waals surface area contributed by atoms with Gasteiger partial charge in [0.25, 0.3) is 6.43 Å². The van der Waals surface area contributed by atoms with Gasteiger partial charge in [-0.1, -0.05) is 0 Å². The Morgan fingerprint density at radius 2 is 2.23 bits per heavy atom. The molecule has 0 aliphatic carbocycles. The van der Waals surface area contributed by atoms with Crippen LogP contribution in [-0.2, 0) is 0 Å². The summed E-state index contributed by atoms with van der Waals surface area (Å²) in [4.78, 5) is 3.55. The number of nitriles is 1. The van der Waals surface area contributed by atoms with Gasteiger partial charge in [-0.3, -0.25) is 4.98 Å². The van der Waals surface area contributed by atoms with Crippen molar-refractivity contribution >= 4 is 5.69 Å². The largest absolute Gasteiger partial charge is 0.398 e. The lowest BCUT2D eigenvalue weighted by Gasteiger charge is -2.05. The molecule has 0 unspecified atom stereocenters. The summed E-state index contributed by atoms with van der Waals surface area (Å²) in [5, 5.41) is 8.54. The molecule has 5 heteroatoms. The van der Waals surface area contributed by atoms with Gasteiger partial charge in [0, 0.05) is 5.69 Å². The minimum absolute atomic E-state index is 0.0466. The molecule has 0 saturated heterocycles. The number of alkyl halides is 2. The molecule has 1 aromatic rings. The highest BCUT2D eigenvalue weighted by molar-refractivity contribution is 5.56. The average molecular weight is 183 g/mol. The molecular formula is C8H7F2N3. The fourth-order valence-electron chi connectivity index (χ4n) is 1.00. The van der Waals surface area contributed by atoms with Crippen molar-refractivity contribution in [3.63, 3.8) is 0 Å². The number of aromatic nitrogens is 1. The maximum atomic E-state index is 12.3. The van der Waals surface area contributed by atoms with Crippen LogP contribution in [0.3, 0.4) is 0 Å². The molecular weight excluding hydrogens is 176 g/mol. The molecule has 0 atom stereocenters. The number of nitrogens with zero attached hydrogens (tertiary/aromatic N) is 2. The minimum Gasteiger partial charge on any atom is -0.398 e. The van der Waals surface area contributed by atoms with Crippen LogP contribution in [-0.4, -0.2) is 4.98 Å². The summed E-state index contributed by atoms with van der Waals surface area (Å²) >= 11 is 0. The van der Waals surface area contributed by atoms with Crippen LogP contribution in [0.1, 0.15) is 23.4 Å². The number of aryl methyl sites for hydroxylation is 1. The van der Waals surface area contributed by atoms with E-state index in [1.807, 2.05) is 0 Å². The lowest BCUT2D eigenvalue weighted by atomic mass is 10.1. The number of hydrogen-bond acceptors (Lipinski definition) is 3. The van der Waals surface area contributed by atoms with E-state index in [1.54, 1.807) is 13.0 Å². The quantitative estimate of drug-likeness (QED) is 0.721. The molecule has 0 radical (unpaired) electrons. The highest BCUT2D eigenvalue weighted by Crippen LogP contribution is 2.24. The molecule has 0 saturated carbocycles. The number of pyridine rings is 1. The van der Waals surface area contributed by atoms with E-state index in [-0.39, 0.29) is 11.3 Å². The van der Waals surface area contributed by atoms with E-state index >= 15 is 0 Å². The number of rotatable bonds is 1. The molecule has 2 N–H and O–H groups in total. The molecule has 68 valence electrons. The van der Waals surface area contributed by atoms with E-state index in [0.29, 0.717) is 5.69 Å². The van der Waals surface area contributed by atoms with E-state index in [1.165, 1.54) is 6.07 Å². The summed E-state index contributed by atoms with van der Waals surface area (Å²) in [5.74, 6) is 0. The van der Waals surface area contributed by atoms with Gasteiger partial charge in [0.15, 0.2) is 0 Å². The molecule has 1 aromatic heterocycles. The third kappa shape index (κ3) is 1.72. The van der Waals surface area contributed by atoms with Crippen LogP contribution in [0.4, 0.5) is 14.5 Å². The molecule has 0 aliphatic rings. The third-order valence-corrected chi connectivity index (χ3v) is 1.52. The topological polar surface area (TPSA) is 62.7 Å². The number of halogens is 2. The average Bonchev–Trinajstić information content (AvgIpc) is 2.02. The fourth-order valence-corrected chi connectivity index (χ4v) is 1.00. The van der Waals surface area contributed by atoms with Gasteiger partial charge < -0.3 is 5.73 Å². The molecule has 0 spiro atoms. The molecule has 1 heterocycles. The summed E-state index contributed by atoms with van der Waals surface area (Å²) in [5.41, 5.74) is 5.03. The summed E-state index contributed by atoms with van der Waals surface area (Å²) in [7, 11) is 0. The van der Waals surface area contributed by atoms with Gasteiger partial charge in [0.05, 0.1) is 5.69 Å². The van der Waals surface area contributed by atoms with Gasteiger partial charge in [-0.2, -0.15) is 5.26 Å². The van der Waals surface area contributed by atoms with Gasteiger partial charge in [0.1, 0.15) is 17.3 Å². The van der Waals surface area contributed by atoms with Crippen LogP contribution in [0.15, 0.2) is 6.07 Å². The van der Waals surface area contributed by atoms with Gasteiger partial charge in [-0.15, -0.1) is 0 Å². The van der Waals surface area contributed by atoms with Gasteiger partial charge in [0.2, 0.25) is 0 Å². The van der Waals surface area contributed by atoms with Crippen molar-refractivity contribution in [3.8, 4) is 6.07 Å². The monoisotopic (exact) mass is 183 g/mol. The first-order chi connectivity index (χ1) is 6.06. The second-order valence-corrected chi connectivity index (χ2v) is 2.53. The smallest absolute Gasteiger partial charge is 0.281 e. The predicted octanol–water partition coefficient (Wildman–Crippen LogP) is 1.78. The van der Waals surface area contributed by atoms with E-state index in [4.69, 9.17) is 11.0 Å². The number of nitrogen functional groups attached to an aromatic ring is 1. The zero-order valence-corrected chi connectivity index (χ0v) is 6.88. The van der Waals surface area contributed by atoms with Gasteiger partial charge in [-0.05, 0) is 13.0 Å². The SMILES string of the molecule is Cc1cc(N)c(C#N)c(C(F)F)n1. The van der Waals surface area contributed by atoms with Crippen molar-refractivity contribution in [2.75, 3.05) is 5.73 Å². The normalized spacial score (nSPS) is 10.1. The predicted molar refractivity (Wildman–Crippen MR) is 43.1 cm³/mol. The summed E-state index contributed by atoms with van der Waals surface area (Å²) in [6.07, 6.45) is -2.77. The molecule has 0 fully saturated rings. The van der Waals surface area contributed by atoms with Crippen molar-refractivity contribution in [2.45, 2.75) is 13.3 Å². The minimum atomic E-state index is -2.77. The molecule has 0 aliphatic heterocycles. The van der Waals surface area contributed by atoms with Crippen LogP contribution in [0.25, 0.3) is 0 Å². The highest BCUT2D eigenvalue weighted by Gasteiger charge is 2.17. The van der Waals surface area contributed by atoms with Gasteiger partial charge in [-0.25, -0.2) is 8.78 Å². The molecule has 1 rings (SSSR count). The first kappa shape index (κ1) is 9.39. The first-order valence-electron chi connectivity index (χ1n) is 3.51. The van der Waals surface area contributed by atoms with Gasteiger partial charge >= 0.3 is 0 Å². The van der Waals surface area contributed by atoms with Crippen LogP contribution in [0.5, 0.6) is 0 Å². The van der Waals surface area contributed by atoms with Crippen LogP contribution in [0.2, 0.25) is 0 Å². The van der Waals surface area contributed by atoms with E-state index in [9.17, 15) is 8.78 Å². The molecule has 13 heavy (non-hydrogen) atoms. The lowest BCUT2D eigenvalue weighted by molar-refractivity contribution is 0.145. The Hall–Kier alpha value is -1.70. The Kier molecular flexibility index (Phi) is 2.42. The third-order valence-electron chi connectivity index (χ3n) is 1.52. The van der Waals surface area contributed by atoms with Crippen LogP contribution < -0.4 is 5.73 Å². The second kappa shape index (κ2) is 3.35. The maximum Gasteiger partial charge on any atom is 0.281 e. The summed E-state index contributed by atoms with van der Waals surface area (Å²) in [6.45, 7) is 1.55. The van der Waals surface area contributed by atoms with Crippen LogP contribution in [0, 0.1) is 18.3 Å². The summed E-state index contributed by atoms with van der Waals surface area (Å²) in [6, 6.07) is 3.00. The number of nitrogens with two attached hydrogens (primary N) is 1. The summed E-state index contributed by atoms with van der Waals surface area (Å²) < 4.78 is 24.6. The Morgan fingerprint density at radius 3 is 2.69 bits per heavy atom. The van der Waals surface area contributed by atoms with Crippen molar-refractivity contribution in [3.05, 3.63) is 23.0 Å². The lowest BCUT2D eigenvalue weighted by Crippen LogP contribution is -2.02. The van der Waals surface area contributed by atoms with E-state index < -0.39 is 12.1 Å². The Bertz CT molecular complexity index is 368. The molecule has 0 amide bonds. The van der Waals surface area contributed by atoms with Crippen molar-refractivity contribution in [1.29, 1.82) is 5.26 Å². The van der Waals surface area contributed by atoms with E-state index in [2.05, 4.69) is 4.98 Å². The zero-order valence-electron chi connectivity index (χ0n) is 6.88. The Balaban J connectivity index is 3.41. The molecule has 0 aromatic carbocycles. The van der Waals surface area contributed by atoms with Crippen molar-refractivity contribution in [2.24, 2.45) is 0 Å². The molecule has 0 bridgehead atoms. The van der Waals surface area contributed by atoms with E-state index in [0.717, 1.165) is 0 Å². The zero-order chi connectivity index (χ0) is 10.0. The highest BCUT2D eigenvalue weighted by atomic mass is 19.3. The molecule has 3 nitrogen and oxygen atoms in total.